The van der Waals surface area contributed by atoms with E-state index in [1.165, 1.54) is 0 Å². The molecular weight excluding hydrogens is 348 g/mol. The maximum absolute atomic E-state index is 12.2. The number of likely N-dealkylation sites (tertiary alicyclic amines) is 1. The van der Waals surface area contributed by atoms with Crippen LogP contribution < -0.4 is 9.47 Å². The number of carbonyl (C=O) groups excluding carboxylic acids is 1. The Bertz CT molecular complexity index is 905. The van der Waals surface area contributed by atoms with Crippen LogP contribution in [0.1, 0.15) is 11.8 Å². The van der Waals surface area contributed by atoms with Crippen LogP contribution in [0.25, 0.3) is 11.4 Å². The van der Waals surface area contributed by atoms with Gasteiger partial charge in [-0.05, 0) is 36.4 Å². The summed E-state index contributed by atoms with van der Waals surface area (Å²) in [7, 11) is 1.60. The summed E-state index contributed by atoms with van der Waals surface area (Å²) >= 11 is 0. The van der Waals surface area contributed by atoms with E-state index in [1.54, 1.807) is 48.7 Å². The summed E-state index contributed by atoms with van der Waals surface area (Å²) < 4.78 is 16.0. The topological polar surface area (TPSA) is 90.6 Å². The van der Waals surface area contributed by atoms with Gasteiger partial charge in [0.2, 0.25) is 11.7 Å². The minimum absolute atomic E-state index is 0.00878. The average molecular weight is 366 g/mol. The predicted octanol–water partition coefficient (Wildman–Crippen LogP) is 2.14. The predicted molar refractivity (Wildman–Crippen MR) is 95.3 cm³/mol. The third-order valence-corrected chi connectivity index (χ3v) is 4.39. The fourth-order valence-electron chi connectivity index (χ4n) is 2.77. The molecule has 0 unspecified atom stereocenters. The van der Waals surface area contributed by atoms with Crippen LogP contribution in [-0.2, 0) is 4.79 Å². The van der Waals surface area contributed by atoms with E-state index >= 15 is 0 Å². The zero-order chi connectivity index (χ0) is 18.6. The van der Waals surface area contributed by atoms with Gasteiger partial charge in [-0.1, -0.05) is 5.16 Å². The zero-order valence-electron chi connectivity index (χ0n) is 14.7. The summed E-state index contributed by atoms with van der Waals surface area (Å²) in [5, 5.41) is 4.00. The molecule has 1 aromatic carbocycles. The van der Waals surface area contributed by atoms with E-state index in [0.717, 1.165) is 11.3 Å². The molecule has 4 rings (SSSR count). The number of nitrogens with zero attached hydrogens (tertiary/aromatic N) is 4. The molecule has 0 bridgehead atoms. The largest absolute Gasteiger partial charge is 0.497 e. The highest BCUT2D eigenvalue weighted by atomic mass is 16.5. The molecule has 0 aliphatic carbocycles. The number of methoxy groups -OCH3 is 1. The van der Waals surface area contributed by atoms with Gasteiger partial charge in [-0.2, -0.15) is 4.98 Å². The second kappa shape index (κ2) is 7.45. The van der Waals surface area contributed by atoms with Gasteiger partial charge in [0.15, 0.2) is 6.61 Å². The lowest BCUT2D eigenvalue weighted by Gasteiger charge is -2.36. The molecular formula is C19H18N4O4. The second-order valence-corrected chi connectivity index (χ2v) is 6.15. The molecule has 27 heavy (non-hydrogen) atoms. The van der Waals surface area contributed by atoms with Crippen molar-refractivity contribution in [1.82, 2.24) is 20.0 Å². The molecule has 0 radical (unpaired) electrons. The van der Waals surface area contributed by atoms with Crippen molar-refractivity contribution in [2.24, 2.45) is 0 Å². The molecule has 8 heteroatoms. The van der Waals surface area contributed by atoms with Crippen molar-refractivity contribution in [3.8, 4) is 22.9 Å². The lowest BCUT2D eigenvalue weighted by atomic mass is 10.0. The average Bonchev–Trinajstić information content (AvgIpc) is 3.16. The van der Waals surface area contributed by atoms with Crippen LogP contribution in [0.15, 0.2) is 53.3 Å². The number of amides is 1. The molecule has 2 aromatic heterocycles. The van der Waals surface area contributed by atoms with Crippen molar-refractivity contribution in [3.63, 3.8) is 0 Å². The van der Waals surface area contributed by atoms with Gasteiger partial charge in [-0.15, -0.1) is 0 Å². The summed E-state index contributed by atoms with van der Waals surface area (Å²) in [5.41, 5.74) is 0.847. The molecule has 0 N–H and O–H groups in total. The van der Waals surface area contributed by atoms with Crippen molar-refractivity contribution in [3.05, 3.63) is 54.7 Å². The number of aromatic nitrogens is 3. The van der Waals surface area contributed by atoms with E-state index in [2.05, 4.69) is 15.1 Å². The highest BCUT2D eigenvalue weighted by Crippen LogP contribution is 2.27. The minimum Gasteiger partial charge on any atom is -0.497 e. The SMILES string of the molecule is COc1ccc(OCC(=O)N2CC(c3nc(-c4ccncc4)no3)C2)cc1. The zero-order valence-corrected chi connectivity index (χ0v) is 14.7. The monoisotopic (exact) mass is 366 g/mol. The van der Waals surface area contributed by atoms with E-state index < -0.39 is 0 Å². The Morgan fingerprint density at radius 1 is 1.15 bits per heavy atom. The van der Waals surface area contributed by atoms with Crippen LogP contribution in [0.2, 0.25) is 0 Å². The summed E-state index contributed by atoms with van der Waals surface area (Å²) in [6.45, 7) is 1.08. The van der Waals surface area contributed by atoms with Gasteiger partial charge in [-0.3, -0.25) is 9.78 Å². The molecule has 1 amide bonds. The van der Waals surface area contributed by atoms with Crippen LogP contribution in [-0.4, -0.2) is 52.7 Å². The maximum Gasteiger partial charge on any atom is 0.260 e. The van der Waals surface area contributed by atoms with Crippen LogP contribution >= 0.6 is 0 Å². The maximum atomic E-state index is 12.2. The summed E-state index contributed by atoms with van der Waals surface area (Å²) in [6, 6.07) is 10.8. The Kier molecular flexibility index (Phi) is 4.69. The molecule has 3 heterocycles. The molecule has 3 aromatic rings. The van der Waals surface area contributed by atoms with Crippen molar-refractivity contribution >= 4 is 5.91 Å². The van der Waals surface area contributed by atoms with Crippen LogP contribution in [0, 0.1) is 0 Å². The number of hydrogen-bond acceptors (Lipinski definition) is 7. The van der Waals surface area contributed by atoms with Crippen molar-refractivity contribution in [1.29, 1.82) is 0 Å². The molecule has 8 nitrogen and oxygen atoms in total. The summed E-state index contributed by atoms with van der Waals surface area (Å²) in [5.74, 6) is 2.42. The Hall–Kier alpha value is -3.42. The van der Waals surface area contributed by atoms with E-state index in [0.29, 0.717) is 30.6 Å². The molecule has 1 fully saturated rings. The first-order chi connectivity index (χ1) is 13.2. The van der Waals surface area contributed by atoms with Crippen molar-refractivity contribution in [2.75, 3.05) is 26.8 Å². The van der Waals surface area contributed by atoms with Crippen LogP contribution in [0.3, 0.4) is 0 Å². The Labute approximate surface area is 155 Å². The number of rotatable bonds is 6. The molecule has 0 atom stereocenters. The number of pyridine rings is 1. The first-order valence-corrected chi connectivity index (χ1v) is 8.51. The van der Waals surface area contributed by atoms with Gasteiger partial charge in [0.05, 0.1) is 13.0 Å². The molecule has 138 valence electrons. The second-order valence-electron chi connectivity index (χ2n) is 6.15. The van der Waals surface area contributed by atoms with Gasteiger partial charge >= 0.3 is 0 Å². The van der Waals surface area contributed by atoms with Crippen LogP contribution in [0.4, 0.5) is 0 Å². The van der Waals surface area contributed by atoms with Crippen molar-refractivity contribution in [2.45, 2.75) is 5.92 Å². The third-order valence-electron chi connectivity index (χ3n) is 4.39. The lowest BCUT2D eigenvalue weighted by molar-refractivity contribution is -0.138. The highest BCUT2D eigenvalue weighted by molar-refractivity contribution is 5.78. The molecule has 1 aliphatic rings. The molecule has 0 saturated carbocycles. The fraction of sp³-hybridized carbons (Fsp3) is 0.263. The Morgan fingerprint density at radius 3 is 2.56 bits per heavy atom. The number of carbonyl (C=O) groups is 1. The standard InChI is InChI=1S/C19H18N4O4/c1-25-15-2-4-16(5-3-15)26-12-17(24)23-10-14(11-23)19-21-18(22-27-19)13-6-8-20-9-7-13/h2-9,14H,10-12H2,1H3. The first-order valence-electron chi connectivity index (χ1n) is 8.51. The van der Waals surface area contributed by atoms with Gasteiger partial charge in [0.25, 0.3) is 5.91 Å². The van der Waals surface area contributed by atoms with Crippen LogP contribution in [0.5, 0.6) is 11.5 Å². The molecule has 1 aliphatic heterocycles. The Balaban J connectivity index is 1.27. The third kappa shape index (κ3) is 3.74. The Morgan fingerprint density at radius 2 is 1.85 bits per heavy atom. The van der Waals surface area contributed by atoms with Crippen molar-refractivity contribution < 1.29 is 18.8 Å². The molecule has 1 saturated heterocycles. The summed E-state index contributed by atoms with van der Waals surface area (Å²) in [6.07, 6.45) is 3.36. The van der Waals surface area contributed by atoms with Gasteiger partial charge in [-0.25, -0.2) is 0 Å². The van der Waals surface area contributed by atoms with E-state index in [4.69, 9.17) is 14.0 Å². The first kappa shape index (κ1) is 17.0. The lowest BCUT2D eigenvalue weighted by Crippen LogP contribution is -2.50. The summed E-state index contributed by atoms with van der Waals surface area (Å²) in [4.78, 5) is 22.3. The highest BCUT2D eigenvalue weighted by Gasteiger charge is 2.35. The number of benzene rings is 1. The van der Waals surface area contributed by atoms with Gasteiger partial charge in [0.1, 0.15) is 11.5 Å². The van der Waals surface area contributed by atoms with E-state index in [-0.39, 0.29) is 18.4 Å². The molecule has 0 spiro atoms. The normalized spacial score (nSPS) is 13.9. The quantitative estimate of drug-likeness (QED) is 0.660. The van der Waals surface area contributed by atoms with E-state index in [9.17, 15) is 4.79 Å². The van der Waals surface area contributed by atoms with E-state index in [1.807, 2.05) is 12.1 Å². The fourth-order valence-corrected chi connectivity index (χ4v) is 2.77. The van der Waals surface area contributed by atoms with Gasteiger partial charge < -0.3 is 18.9 Å². The number of hydrogen-bond donors (Lipinski definition) is 0. The smallest absolute Gasteiger partial charge is 0.260 e. The number of ether oxygens (including phenoxy) is 2. The minimum atomic E-state index is -0.0732. The van der Waals surface area contributed by atoms with Gasteiger partial charge in [0, 0.05) is 31.0 Å².